The molecule has 0 aromatic heterocycles. The molecular formula is C15H11BrCl2FNO. The summed E-state index contributed by atoms with van der Waals surface area (Å²) >= 11 is 15.0. The second kappa shape index (κ2) is 6.77. The zero-order valence-electron chi connectivity index (χ0n) is 11.0. The number of benzene rings is 2. The summed E-state index contributed by atoms with van der Waals surface area (Å²) in [6.07, 6.45) is 0. The summed E-state index contributed by atoms with van der Waals surface area (Å²) in [4.78, 5) is 12.1. The SMILES string of the molecule is CC(NC(=O)c1cc(Br)ccc1F)c1ccc(Cl)c(Cl)c1. The maximum absolute atomic E-state index is 13.7. The van der Waals surface area contributed by atoms with Crippen molar-refractivity contribution in [2.24, 2.45) is 0 Å². The van der Waals surface area contributed by atoms with E-state index in [-0.39, 0.29) is 11.6 Å². The van der Waals surface area contributed by atoms with E-state index in [1.165, 1.54) is 18.2 Å². The van der Waals surface area contributed by atoms with Crippen LogP contribution in [0.15, 0.2) is 40.9 Å². The Hall–Kier alpha value is -1.10. The lowest BCUT2D eigenvalue weighted by molar-refractivity contribution is 0.0935. The van der Waals surface area contributed by atoms with Gasteiger partial charge in [0, 0.05) is 4.47 Å². The highest BCUT2D eigenvalue weighted by molar-refractivity contribution is 9.10. The molecule has 0 bridgehead atoms. The van der Waals surface area contributed by atoms with Crippen LogP contribution >= 0.6 is 39.1 Å². The lowest BCUT2D eigenvalue weighted by Crippen LogP contribution is -2.27. The smallest absolute Gasteiger partial charge is 0.254 e. The summed E-state index contributed by atoms with van der Waals surface area (Å²) in [5.74, 6) is -1.07. The molecule has 2 rings (SSSR count). The van der Waals surface area contributed by atoms with Gasteiger partial charge >= 0.3 is 0 Å². The molecule has 0 saturated carbocycles. The third kappa shape index (κ3) is 3.96. The van der Waals surface area contributed by atoms with Crippen molar-refractivity contribution in [3.8, 4) is 0 Å². The lowest BCUT2D eigenvalue weighted by atomic mass is 10.1. The minimum atomic E-state index is -0.572. The Morgan fingerprint density at radius 1 is 1.19 bits per heavy atom. The van der Waals surface area contributed by atoms with Crippen LogP contribution in [-0.4, -0.2) is 5.91 Å². The van der Waals surface area contributed by atoms with Gasteiger partial charge in [0.1, 0.15) is 5.82 Å². The molecule has 0 heterocycles. The first-order valence-electron chi connectivity index (χ1n) is 6.09. The van der Waals surface area contributed by atoms with Crippen LogP contribution in [0.5, 0.6) is 0 Å². The molecule has 21 heavy (non-hydrogen) atoms. The van der Waals surface area contributed by atoms with E-state index in [1.807, 2.05) is 0 Å². The molecule has 0 radical (unpaired) electrons. The minimum Gasteiger partial charge on any atom is -0.345 e. The number of halogens is 4. The maximum Gasteiger partial charge on any atom is 0.254 e. The molecule has 110 valence electrons. The van der Waals surface area contributed by atoms with Gasteiger partial charge < -0.3 is 5.32 Å². The molecule has 1 atom stereocenters. The first-order chi connectivity index (χ1) is 9.88. The minimum absolute atomic E-state index is 0.0173. The Kier molecular flexibility index (Phi) is 5.25. The van der Waals surface area contributed by atoms with Crippen LogP contribution in [0.3, 0.4) is 0 Å². The van der Waals surface area contributed by atoms with Crippen LogP contribution in [0.2, 0.25) is 10.0 Å². The number of carbonyl (C=O) groups is 1. The van der Waals surface area contributed by atoms with Gasteiger partial charge in [0.05, 0.1) is 21.7 Å². The Morgan fingerprint density at radius 3 is 2.57 bits per heavy atom. The largest absolute Gasteiger partial charge is 0.345 e. The molecule has 2 aromatic rings. The van der Waals surface area contributed by atoms with Crippen LogP contribution in [0.1, 0.15) is 28.9 Å². The number of hydrogen-bond donors (Lipinski definition) is 1. The molecule has 0 spiro atoms. The predicted molar refractivity (Wildman–Crippen MR) is 86.4 cm³/mol. The fraction of sp³-hybridized carbons (Fsp3) is 0.133. The van der Waals surface area contributed by atoms with Crippen molar-refractivity contribution < 1.29 is 9.18 Å². The summed E-state index contributed by atoms with van der Waals surface area (Å²) < 4.78 is 14.3. The quantitative estimate of drug-likeness (QED) is 0.748. The molecule has 6 heteroatoms. The van der Waals surface area contributed by atoms with Gasteiger partial charge in [-0.05, 0) is 42.8 Å². The summed E-state index contributed by atoms with van der Waals surface area (Å²) in [6.45, 7) is 1.79. The molecular weight excluding hydrogens is 380 g/mol. The van der Waals surface area contributed by atoms with Crippen LogP contribution in [0.25, 0.3) is 0 Å². The highest BCUT2D eigenvalue weighted by Crippen LogP contribution is 2.26. The zero-order valence-corrected chi connectivity index (χ0v) is 14.1. The average molecular weight is 391 g/mol. The van der Waals surface area contributed by atoms with Gasteiger partial charge in [-0.3, -0.25) is 4.79 Å². The topological polar surface area (TPSA) is 29.1 Å². The molecule has 0 fully saturated rings. The number of nitrogens with one attached hydrogen (secondary N) is 1. The van der Waals surface area contributed by atoms with E-state index in [1.54, 1.807) is 25.1 Å². The Morgan fingerprint density at radius 2 is 1.90 bits per heavy atom. The summed E-state index contributed by atoms with van der Waals surface area (Å²) in [7, 11) is 0. The van der Waals surface area contributed by atoms with Gasteiger partial charge in [0.2, 0.25) is 0 Å². The third-order valence-corrected chi connectivity index (χ3v) is 4.20. The van der Waals surface area contributed by atoms with E-state index in [0.717, 1.165) is 5.56 Å². The van der Waals surface area contributed by atoms with Crippen LogP contribution in [-0.2, 0) is 0 Å². The van der Waals surface area contributed by atoms with Crippen molar-refractivity contribution in [2.75, 3.05) is 0 Å². The molecule has 0 saturated heterocycles. The van der Waals surface area contributed by atoms with Crippen molar-refractivity contribution in [2.45, 2.75) is 13.0 Å². The molecule has 2 nitrogen and oxygen atoms in total. The maximum atomic E-state index is 13.7. The standard InChI is InChI=1S/C15H11BrCl2FNO/c1-8(9-2-4-12(17)13(18)6-9)20-15(21)11-7-10(16)3-5-14(11)19/h2-8H,1H3,(H,20,21). The Labute approximate surface area is 140 Å². The van der Waals surface area contributed by atoms with E-state index >= 15 is 0 Å². The van der Waals surface area contributed by atoms with E-state index in [9.17, 15) is 9.18 Å². The van der Waals surface area contributed by atoms with Gasteiger partial charge in [-0.2, -0.15) is 0 Å². The Bertz CT molecular complexity index is 693. The number of amides is 1. The second-order valence-electron chi connectivity index (χ2n) is 4.49. The normalized spacial score (nSPS) is 12.0. The van der Waals surface area contributed by atoms with Gasteiger partial charge in [0.15, 0.2) is 0 Å². The third-order valence-electron chi connectivity index (χ3n) is 2.96. The monoisotopic (exact) mass is 389 g/mol. The van der Waals surface area contributed by atoms with Gasteiger partial charge in [0.25, 0.3) is 5.91 Å². The fourth-order valence-corrected chi connectivity index (χ4v) is 2.48. The van der Waals surface area contributed by atoms with E-state index in [0.29, 0.717) is 14.5 Å². The number of hydrogen-bond acceptors (Lipinski definition) is 1. The second-order valence-corrected chi connectivity index (χ2v) is 6.22. The first kappa shape index (κ1) is 16.3. The van der Waals surface area contributed by atoms with Gasteiger partial charge in [-0.1, -0.05) is 45.2 Å². The molecule has 2 aromatic carbocycles. The Balaban J connectivity index is 2.18. The highest BCUT2D eigenvalue weighted by Gasteiger charge is 2.16. The molecule has 0 aliphatic rings. The predicted octanol–water partition coefficient (Wildman–Crippen LogP) is 5.39. The average Bonchev–Trinajstić information content (AvgIpc) is 2.44. The zero-order chi connectivity index (χ0) is 15.6. The van der Waals surface area contributed by atoms with Crippen molar-refractivity contribution in [1.82, 2.24) is 5.32 Å². The summed E-state index contributed by atoms with van der Waals surface area (Å²) in [5.41, 5.74) is 0.768. The number of rotatable bonds is 3. The van der Waals surface area contributed by atoms with Crippen LogP contribution in [0.4, 0.5) is 4.39 Å². The summed E-state index contributed by atoms with van der Waals surface area (Å²) in [5, 5.41) is 3.57. The van der Waals surface area contributed by atoms with E-state index < -0.39 is 11.7 Å². The van der Waals surface area contributed by atoms with Crippen LogP contribution < -0.4 is 5.32 Å². The molecule has 1 N–H and O–H groups in total. The molecule has 1 amide bonds. The first-order valence-corrected chi connectivity index (χ1v) is 7.64. The fourth-order valence-electron chi connectivity index (χ4n) is 1.81. The highest BCUT2D eigenvalue weighted by atomic mass is 79.9. The van der Waals surface area contributed by atoms with Crippen molar-refractivity contribution in [1.29, 1.82) is 0 Å². The van der Waals surface area contributed by atoms with Crippen molar-refractivity contribution in [3.05, 3.63) is 67.9 Å². The summed E-state index contributed by atoms with van der Waals surface area (Å²) in [6, 6.07) is 8.97. The van der Waals surface area contributed by atoms with E-state index in [2.05, 4.69) is 21.2 Å². The van der Waals surface area contributed by atoms with Crippen molar-refractivity contribution >= 4 is 45.0 Å². The number of carbonyl (C=O) groups excluding carboxylic acids is 1. The molecule has 1 unspecified atom stereocenters. The van der Waals surface area contributed by atoms with Gasteiger partial charge in [-0.25, -0.2) is 4.39 Å². The molecule has 0 aliphatic heterocycles. The van der Waals surface area contributed by atoms with E-state index in [4.69, 9.17) is 23.2 Å². The molecule has 0 aliphatic carbocycles. The lowest BCUT2D eigenvalue weighted by Gasteiger charge is -2.15. The van der Waals surface area contributed by atoms with Crippen molar-refractivity contribution in [3.63, 3.8) is 0 Å². The van der Waals surface area contributed by atoms with Gasteiger partial charge in [-0.15, -0.1) is 0 Å². The van der Waals surface area contributed by atoms with Crippen LogP contribution in [0, 0.1) is 5.82 Å².